The summed E-state index contributed by atoms with van der Waals surface area (Å²) in [4.78, 5) is 16.2. The molecule has 2 heteroatoms. The van der Waals surface area contributed by atoms with Gasteiger partial charge < -0.3 is 0 Å². The molecule has 0 aliphatic rings. The van der Waals surface area contributed by atoms with Gasteiger partial charge in [-0.05, 0) is 0 Å². The molecule has 0 aromatic rings. The Morgan fingerprint density at radius 2 is 1.25 bits per heavy atom. The van der Waals surface area contributed by atoms with E-state index in [2.05, 4.69) is 0 Å². The largest absolute Gasteiger partial charge is 0.373 e. The van der Waals surface area contributed by atoms with Crippen LogP contribution in [-0.2, 0) is 9.59 Å². The summed E-state index contributed by atoms with van der Waals surface area (Å²) in [5, 5.41) is 0. The van der Waals surface area contributed by atoms with Crippen molar-refractivity contribution in [2.45, 2.75) is 7.43 Å². The van der Waals surface area contributed by atoms with E-state index in [0.29, 0.717) is 0 Å². The summed E-state index contributed by atoms with van der Waals surface area (Å²) in [5.74, 6) is 0. The second-order valence-electron chi connectivity index (χ2n) is 0.0833. The topological polar surface area (TPSA) is 34.1 Å². The Balaban J connectivity index is 0. The summed E-state index contributed by atoms with van der Waals surface area (Å²) in [6.07, 6.45) is 0.250. The third-order valence-electron chi connectivity index (χ3n) is 0. The predicted molar refractivity (Wildman–Crippen MR) is 11.7 cm³/mol. The lowest BCUT2D eigenvalue weighted by Crippen LogP contribution is -1.22. The minimum atomic E-state index is 0. The van der Waals surface area contributed by atoms with Gasteiger partial charge in [0.05, 0.1) is 0 Å². The van der Waals surface area contributed by atoms with Gasteiger partial charge in [0.25, 0.3) is 0 Å². The Kier molecular flexibility index (Phi) is 78.9. The van der Waals surface area contributed by atoms with Crippen LogP contribution in [0.4, 0.5) is 0 Å². The van der Waals surface area contributed by atoms with E-state index in [1.54, 1.807) is 0 Å². The quantitative estimate of drug-likeness (QED) is 0.395. The summed E-state index contributed by atoms with van der Waals surface area (Å²) in [7, 11) is 0. The van der Waals surface area contributed by atoms with Crippen LogP contribution in [-0.4, -0.2) is 6.15 Å². The molecular formula is C2H4O2. The van der Waals surface area contributed by atoms with Crippen molar-refractivity contribution < 1.29 is 9.59 Å². The Morgan fingerprint density at radius 3 is 1.25 bits per heavy atom. The zero-order chi connectivity index (χ0) is 2.71. The summed E-state index contributed by atoms with van der Waals surface area (Å²) in [6, 6.07) is 0. The molecular weight excluding hydrogens is 55.0 g/mol. The molecule has 0 atom stereocenters. The maximum Gasteiger partial charge on any atom is 0.373 e. The Hall–Kier alpha value is -0.620. The zero-order valence-corrected chi connectivity index (χ0v) is 1.32. The fraction of sp³-hybridized carbons (Fsp3) is 0.500. The van der Waals surface area contributed by atoms with E-state index in [4.69, 9.17) is 9.59 Å². The zero-order valence-electron chi connectivity index (χ0n) is 1.32. The van der Waals surface area contributed by atoms with E-state index in [0.717, 1.165) is 0 Å². The van der Waals surface area contributed by atoms with Gasteiger partial charge >= 0.3 is 6.15 Å². The van der Waals surface area contributed by atoms with Gasteiger partial charge in [-0.15, -0.1) is 0 Å². The lowest BCUT2D eigenvalue weighted by atomic mass is 10.8. The first-order valence-electron chi connectivity index (χ1n) is 0.408. The van der Waals surface area contributed by atoms with Crippen LogP contribution in [0.3, 0.4) is 0 Å². The van der Waals surface area contributed by atoms with E-state index >= 15 is 0 Å². The van der Waals surface area contributed by atoms with Crippen LogP contribution >= 0.6 is 0 Å². The van der Waals surface area contributed by atoms with Crippen LogP contribution in [0.5, 0.6) is 0 Å². The smallest absolute Gasteiger partial charge is 0.186 e. The Morgan fingerprint density at radius 1 is 1.25 bits per heavy atom. The van der Waals surface area contributed by atoms with Crippen molar-refractivity contribution in [2.24, 2.45) is 0 Å². The number of hydrogen-bond donors (Lipinski definition) is 0. The predicted octanol–water partition coefficient (Wildman–Crippen LogP) is 0.0526. The molecule has 0 N–H and O–H groups in total. The average Bonchev–Trinajstić information content (AvgIpc) is 0.918. The van der Waals surface area contributed by atoms with Crippen LogP contribution in [0.25, 0.3) is 0 Å². The van der Waals surface area contributed by atoms with E-state index in [1.165, 1.54) is 0 Å². The third-order valence-corrected chi connectivity index (χ3v) is 0. The first-order valence-corrected chi connectivity index (χ1v) is 0.408. The molecule has 0 fully saturated rings. The van der Waals surface area contributed by atoms with Crippen molar-refractivity contribution >= 4 is 6.15 Å². The molecule has 0 heterocycles. The Bertz CT molecular complexity index is 25.0. The average molecular weight is 59.1 g/mol. The lowest BCUT2D eigenvalue weighted by Gasteiger charge is -0.945. The monoisotopic (exact) mass is 59.0 g/mol. The molecule has 0 saturated heterocycles. The van der Waals surface area contributed by atoms with Crippen LogP contribution in [0.1, 0.15) is 7.43 Å². The summed E-state index contributed by atoms with van der Waals surface area (Å²) in [6.45, 7) is 0. The summed E-state index contributed by atoms with van der Waals surface area (Å²) < 4.78 is 0. The minimum absolute atomic E-state index is 0. The minimum Gasteiger partial charge on any atom is -0.186 e. The van der Waals surface area contributed by atoms with Gasteiger partial charge in [-0.1, -0.05) is 7.43 Å². The first kappa shape index (κ1) is 10.1. The molecule has 0 aliphatic carbocycles. The number of rotatable bonds is 0. The number of hydrogen-bond acceptors (Lipinski definition) is 2. The highest BCUT2D eigenvalue weighted by molar-refractivity contribution is 5.20. The van der Waals surface area contributed by atoms with Gasteiger partial charge in [-0.2, -0.15) is 9.59 Å². The molecule has 2 nitrogen and oxygen atoms in total. The summed E-state index contributed by atoms with van der Waals surface area (Å²) >= 11 is 0. The van der Waals surface area contributed by atoms with Crippen molar-refractivity contribution in [3.63, 3.8) is 0 Å². The molecule has 0 spiro atoms. The van der Waals surface area contributed by atoms with Crippen LogP contribution < -0.4 is 0 Å². The van der Waals surface area contributed by atoms with Crippen molar-refractivity contribution in [3.05, 3.63) is 0 Å². The molecule has 0 amide bonds. The SMILES string of the molecule is C.O=[11C]=O. The fourth-order valence-corrected chi connectivity index (χ4v) is 0. The first-order chi connectivity index (χ1) is 1.41. The third kappa shape index (κ3) is 0.518. The van der Waals surface area contributed by atoms with Crippen molar-refractivity contribution in [1.29, 1.82) is 0 Å². The van der Waals surface area contributed by atoms with Gasteiger partial charge in [0, 0.05) is 0 Å². The van der Waals surface area contributed by atoms with E-state index in [-0.39, 0.29) is 13.6 Å². The highest BCUT2D eigenvalue weighted by atomic mass is 16.2. The van der Waals surface area contributed by atoms with Gasteiger partial charge in [-0.3, -0.25) is 0 Å². The van der Waals surface area contributed by atoms with Gasteiger partial charge in [0.15, 0.2) is 0 Å². The molecule has 24 valence electrons. The standard InChI is InChI=1S/CO2.CH4/c2-1-3;/h;1H4/i1-1;. The number of carbonyl (C=O) groups excluding carboxylic acids is 2. The van der Waals surface area contributed by atoms with Gasteiger partial charge in [0.2, 0.25) is 0 Å². The maximum absolute atomic E-state index is 8.12. The van der Waals surface area contributed by atoms with Crippen LogP contribution in [0.15, 0.2) is 0 Å². The second kappa shape index (κ2) is 31.4. The molecule has 0 aromatic heterocycles. The van der Waals surface area contributed by atoms with Gasteiger partial charge in [-0.25, -0.2) is 0 Å². The van der Waals surface area contributed by atoms with Crippen molar-refractivity contribution in [3.8, 4) is 0 Å². The molecule has 0 aromatic carbocycles. The molecule has 0 unspecified atom stereocenters. The molecule has 4 heavy (non-hydrogen) atoms. The van der Waals surface area contributed by atoms with Gasteiger partial charge in [0.1, 0.15) is 0 Å². The summed E-state index contributed by atoms with van der Waals surface area (Å²) in [5.41, 5.74) is 0. The molecule has 0 bridgehead atoms. The van der Waals surface area contributed by atoms with E-state index < -0.39 is 0 Å². The lowest BCUT2D eigenvalue weighted by molar-refractivity contribution is -0.191. The van der Waals surface area contributed by atoms with E-state index in [9.17, 15) is 0 Å². The van der Waals surface area contributed by atoms with Crippen LogP contribution in [0, 0.1) is 0 Å². The Labute approximate surface area is 24.4 Å². The fourth-order valence-electron chi connectivity index (χ4n) is 0. The van der Waals surface area contributed by atoms with E-state index in [1.807, 2.05) is 0 Å². The maximum atomic E-state index is 8.12. The molecule has 0 radical (unpaired) electrons. The molecule has 0 rings (SSSR count). The second-order valence-corrected chi connectivity index (χ2v) is 0.0833. The highest BCUT2D eigenvalue weighted by Crippen LogP contribution is 0.787. The highest BCUT2D eigenvalue weighted by Gasteiger charge is 1.13. The van der Waals surface area contributed by atoms with Crippen molar-refractivity contribution in [1.82, 2.24) is 0 Å². The normalized spacial score (nSPS) is 2.00. The van der Waals surface area contributed by atoms with Crippen molar-refractivity contribution in [2.75, 3.05) is 0 Å². The molecule has 0 saturated carbocycles. The molecule has 0 aliphatic heterocycles. The van der Waals surface area contributed by atoms with Crippen LogP contribution in [0.2, 0.25) is 0 Å².